The first-order chi connectivity index (χ1) is 9.65. The van der Waals surface area contributed by atoms with E-state index in [2.05, 4.69) is 65.3 Å². The van der Waals surface area contributed by atoms with Crippen molar-refractivity contribution in [3.05, 3.63) is 67.7 Å². The van der Waals surface area contributed by atoms with Gasteiger partial charge in [0.1, 0.15) is 0 Å². The van der Waals surface area contributed by atoms with E-state index in [9.17, 15) is 0 Å². The molecule has 0 aliphatic rings. The summed E-state index contributed by atoms with van der Waals surface area (Å²) >= 11 is 8.43. The second-order valence-electron chi connectivity index (χ2n) is 4.77. The molecule has 4 heteroatoms. The number of hydrogen-bond acceptors (Lipinski definition) is 2. The number of hydrogen-bond donors (Lipinski definition) is 2. The Bertz CT molecular complexity index is 586. The molecule has 0 aliphatic carbocycles. The van der Waals surface area contributed by atoms with Crippen LogP contribution in [0.25, 0.3) is 0 Å². The summed E-state index contributed by atoms with van der Waals surface area (Å²) in [7, 11) is 0. The second-order valence-corrected chi connectivity index (χ2v) is 6.34. The first-order valence-electron chi connectivity index (χ1n) is 6.65. The number of rotatable bonds is 5. The molecule has 2 nitrogen and oxygen atoms in total. The summed E-state index contributed by atoms with van der Waals surface area (Å²) < 4.78 is 1.04. The predicted molar refractivity (Wildman–Crippen MR) is 93.8 cm³/mol. The summed E-state index contributed by atoms with van der Waals surface area (Å²) in [5, 5.41) is 0.757. The average Bonchev–Trinajstić information content (AvgIpc) is 2.44. The Morgan fingerprint density at radius 2 is 1.95 bits per heavy atom. The molecule has 0 saturated heterocycles. The molecule has 0 amide bonds. The van der Waals surface area contributed by atoms with Crippen molar-refractivity contribution in [2.24, 2.45) is 5.84 Å². The van der Waals surface area contributed by atoms with Gasteiger partial charge >= 0.3 is 0 Å². The van der Waals surface area contributed by atoms with E-state index in [-0.39, 0.29) is 6.04 Å². The lowest BCUT2D eigenvalue weighted by atomic mass is 9.96. The van der Waals surface area contributed by atoms with Crippen LogP contribution in [0.1, 0.15) is 36.1 Å². The zero-order valence-corrected chi connectivity index (χ0v) is 14.3. The zero-order valence-electron chi connectivity index (χ0n) is 11.4. The number of hydrazine groups is 1. The standard InChI is InChI=1S/C16H18ClIN2/c1-2-4-11-5-3-6-12(9-11)16(20-19)13-7-8-15(18)14(17)10-13/h3,5-10,16,20H,2,4,19H2,1H3. The molecule has 20 heavy (non-hydrogen) atoms. The van der Waals surface area contributed by atoms with Crippen molar-refractivity contribution < 1.29 is 0 Å². The third-order valence-electron chi connectivity index (χ3n) is 3.27. The van der Waals surface area contributed by atoms with E-state index in [0.717, 1.165) is 32.6 Å². The Labute approximate surface area is 138 Å². The lowest BCUT2D eigenvalue weighted by Crippen LogP contribution is -2.28. The molecule has 3 N–H and O–H groups in total. The number of halogens is 2. The molecule has 1 atom stereocenters. The van der Waals surface area contributed by atoms with Crippen LogP contribution in [0.3, 0.4) is 0 Å². The minimum atomic E-state index is -0.0405. The maximum absolute atomic E-state index is 6.21. The molecule has 106 valence electrons. The van der Waals surface area contributed by atoms with Crippen molar-refractivity contribution in [1.82, 2.24) is 5.43 Å². The topological polar surface area (TPSA) is 38.0 Å². The minimum Gasteiger partial charge on any atom is -0.271 e. The summed E-state index contributed by atoms with van der Waals surface area (Å²) in [6, 6.07) is 14.5. The Morgan fingerprint density at radius 1 is 1.20 bits per heavy atom. The van der Waals surface area contributed by atoms with Crippen LogP contribution < -0.4 is 11.3 Å². The van der Waals surface area contributed by atoms with Crippen LogP contribution in [0.2, 0.25) is 5.02 Å². The van der Waals surface area contributed by atoms with E-state index < -0.39 is 0 Å². The van der Waals surface area contributed by atoms with E-state index in [0.29, 0.717) is 0 Å². The number of benzene rings is 2. The van der Waals surface area contributed by atoms with Crippen molar-refractivity contribution in [3.63, 3.8) is 0 Å². The van der Waals surface area contributed by atoms with Crippen molar-refractivity contribution in [1.29, 1.82) is 0 Å². The van der Waals surface area contributed by atoms with Gasteiger partial charge in [0, 0.05) is 3.57 Å². The summed E-state index contributed by atoms with van der Waals surface area (Å²) in [5.41, 5.74) is 6.46. The highest BCUT2D eigenvalue weighted by Crippen LogP contribution is 2.27. The van der Waals surface area contributed by atoms with E-state index in [1.54, 1.807) is 0 Å². The molecule has 1 unspecified atom stereocenters. The second kappa shape index (κ2) is 7.41. The van der Waals surface area contributed by atoms with Gasteiger partial charge in [-0.1, -0.05) is 55.3 Å². The highest BCUT2D eigenvalue weighted by Gasteiger charge is 2.14. The number of nitrogens with two attached hydrogens (primary N) is 1. The minimum absolute atomic E-state index is 0.0405. The van der Waals surface area contributed by atoms with E-state index >= 15 is 0 Å². The third kappa shape index (κ3) is 3.73. The maximum Gasteiger partial charge on any atom is 0.0710 e. The van der Waals surface area contributed by atoms with Gasteiger partial charge in [0.05, 0.1) is 11.1 Å². The van der Waals surface area contributed by atoms with Crippen molar-refractivity contribution in [2.75, 3.05) is 0 Å². The lowest BCUT2D eigenvalue weighted by molar-refractivity contribution is 0.636. The molecule has 0 saturated carbocycles. The van der Waals surface area contributed by atoms with E-state index in [1.807, 2.05) is 12.1 Å². The fourth-order valence-electron chi connectivity index (χ4n) is 2.29. The number of aryl methyl sites for hydroxylation is 1. The van der Waals surface area contributed by atoms with Crippen LogP contribution in [-0.2, 0) is 6.42 Å². The Hall–Kier alpha value is -0.620. The normalized spacial score (nSPS) is 12.4. The smallest absolute Gasteiger partial charge is 0.0710 e. The van der Waals surface area contributed by atoms with Crippen LogP contribution in [0.5, 0.6) is 0 Å². The van der Waals surface area contributed by atoms with Gasteiger partial charge in [-0.15, -0.1) is 0 Å². The summed E-state index contributed by atoms with van der Waals surface area (Å²) in [6.45, 7) is 2.18. The van der Waals surface area contributed by atoms with Crippen LogP contribution in [0.4, 0.5) is 0 Å². The monoisotopic (exact) mass is 400 g/mol. The van der Waals surface area contributed by atoms with Crippen molar-refractivity contribution in [2.45, 2.75) is 25.8 Å². The molecule has 0 fully saturated rings. The molecule has 0 aromatic heterocycles. The Morgan fingerprint density at radius 3 is 2.60 bits per heavy atom. The van der Waals surface area contributed by atoms with E-state index in [1.165, 1.54) is 5.56 Å². The van der Waals surface area contributed by atoms with Gasteiger partial charge in [0.25, 0.3) is 0 Å². The highest BCUT2D eigenvalue weighted by atomic mass is 127. The summed E-state index contributed by atoms with van der Waals surface area (Å²) in [6.07, 6.45) is 2.22. The average molecular weight is 401 g/mol. The van der Waals surface area contributed by atoms with Gasteiger partial charge in [-0.25, -0.2) is 5.43 Å². The van der Waals surface area contributed by atoms with Crippen LogP contribution in [0, 0.1) is 3.57 Å². The van der Waals surface area contributed by atoms with Crippen LogP contribution in [-0.4, -0.2) is 0 Å². The van der Waals surface area contributed by atoms with E-state index in [4.69, 9.17) is 17.4 Å². The zero-order chi connectivity index (χ0) is 14.5. The molecule has 0 aliphatic heterocycles. The Kier molecular flexibility index (Phi) is 5.84. The van der Waals surface area contributed by atoms with Gasteiger partial charge in [0.2, 0.25) is 0 Å². The fraction of sp³-hybridized carbons (Fsp3) is 0.250. The first kappa shape index (κ1) is 15.8. The van der Waals surface area contributed by atoms with Gasteiger partial charge in [-0.05, 0) is 57.8 Å². The third-order valence-corrected chi connectivity index (χ3v) is 4.84. The fourth-order valence-corrected chi connectivity index (χ4v) is 2.82. The molecule has 2 rings (SSSR count). The molecular formula is C16H18ClIN2. The number of nitrogens with one attached hydrogen (secondary N) is 1. The van der Waals surface area contributed by atoms with Crippen molar-refractivity contribution >= 4 is 34.2 Å². The summed E-state index contributed by atoms with van der Waals surface area (Å²) in [4.78, 5) is 0. The van der Waals surface area contributed by atoms with Gasteiger partial charge < -0.3 is 0 Å². The molecule has 2 aromatic rings. The van der Waals surface area contributed by atoms with Crippen LogP contribution in [0.15, 0.2) is 42.5 Å². The van der Waals surface area contributed by atoms with Gasteiger partial charge in [-0.3, -0.25) is 5.84 Å². The lowest BCUT2D eigenvalue weighted by Gasteiger charge is -2.18. The molecule has 0 bridgehead atoms. The maximum atomic E-state index is 6.21. The molecular weight excluding hydrogens is 383 g/mol. The first-order valence-corrected chi connectivity index (χ1v) is 8.11. The van der Waals surface area contributed by atoms with Crippen molar-refractivity contribution in [3.8, 4) is 0 Å². The van der Waals surface area contributed by atoms with Gasteiger partial charge in [-0.2, -0.15) is 0 Å². The predicted octanol–water partition coefficient (Wildman–Crippen LogP) is 4.45. The SMILES string of the molecule is CCCc1cccc(C(NN)c2ccc(I)c(Cl)c2)c1. The van der Waals surface area contributed by atoms with Crippen LogP contribution >= 0.6 is 34.2 Å². The molecule has 0 heterocycles. The summed E-state index contributed by atoms with van der Waals surface area (Å²) in [5.74, 6) is 5.75. The molecule has 0 radical (unpaired) electrons. The molecule has 2 aromatic carbocycles. The largest absolute Gasteiger partial charge is 0.271 e. The van der Waals surface area contributed by atoms with Gasteiger partial charge in [0.15, 0.2) is 0 Å². The quantitative estimate of drug-likeness (QED) is 0.442. The Balaban J connectivity index is 2.36. The highest BCUT2D eigenvalue weighted by molar-refractivity contribution is 14.1. The molecule has 0 spiro atoms.